The number of carbonyl (C=O) groups excluding carboxylic acids is 2. The fourth-order valence-electron chi connectivity index (χ4n) is 2.95. The van der Waals surface area contributed by atoms with Gasteiger partial charge in [0.1, 0.15) is 0 Å². The van der Waals surface area contributed by atoms with E-state index in [9.17, 15) is 9.59 Å². The van der Waals surface area contributed by atoms with Crippen LogP contribution in [0.15, 0.2) is 57.9 Å². The highest BCUT2D eigenvalue weighted by Gasteiger charge is 2.41. The summed E-state index contributed by atoms with van der Waals surface area (Å²) >= 11 is 10.1. The van der Waals surface area contributed by atoms with Gasteiger partial charge in [0.05, 0.1) is 21.9 Å². The summed E-state index contributed by atoms with van der Waals surface area (Å²) in [4.78, 5) is 29.2. The van der Waals surface area contributed by atoms with Crippen molar-refractivity contribution in [1.29, 1.82) is 0 Å². The van der Waals surface area contributed by atoms with Gasteiger partial charge in [-0.25, -0.2) is 0 Å². The number of benzene rings is 2. The number of para-hydroxylation sites is 2. The van der Waals surface area contributed by atoms with Crippen molar-refractivity contribution in [2.45, 2.75) is 0 Å². The summed E-state index contributed by atoms with van der Waals surface area (Å²) in [7, 11) is 1.71. The first-order valence-corrected chi connectivity index (χ1v) is 9.45. The molecule has 0 aliphatic carbocycles. The number of nitrogens with zero attached hydrogens (tertiary/aromatic N) is 2. The standard InChI is InChI=1S/C18H11BrN2O2S2/c1-20-12-8-4-2-6-10(12)14(16(20)22)15-17(23)21(18(24)25-15)13-9-5-3-7-11(13)19/h2-9H,1H3. The highest BCUT2D eigenvalue weighted by molar-refractivity contribution is 9.10. The lowest BCUT2D eigenvalue weighted by molar-refractivity contribution is -0.115. The Morgan fingerprint density at radius 3 is 2.32 bits per heavy atom. The lowest BCUT2D eigenvalue weighted by Crippen LogP contribution is -2.28. The molecule has 4 rings (SSSR count). The lowest BCUT2D eigenvalue weighted by atomic mass is 10.1. The Labute approximate surface area is 162 Å². The van der Waals surface area contributed by atoms with Crippen molar-refractivity contribution in [2.24, 2.45) is 0 Å². The van der Waals surface area contributed by atoms with Crippen molar-refractivity contribution in [3.63, 3.8) is 0 Å². The van der Waals surface area contributed by atoms with Gasteiger partial charge in [0, 0.05) is 17.1 Å². The Balaban J connectivity index is 1.87. The molecule has 2 aliphatic rings. The highest BCUT2D eigenvalue weighted by Crippen LogP contribution is 2.45. The Kier molecular flexibility index (Phi) is 4.02. The first-order valence-electron chi connectivity index (χ1n) is 7.43. The summed E-state index contributed by atoms with van der Waals surface area (Å²) in [6.45, 7) is 0. The second-order valence-corrected chi connectivity index (χ2v) is 8.04. The zero-order valence-corrected chi connectivity index (χ0v) is 16.2. The number of hydrogen-bond donors (Lipinski definition) is 0. The highest BCUT2D eigenvalue weighted by atomic mass is 79.9. The minimum atomic E-state index is -0.268. The molecule has 0 bridgehead atoms. The van der Waals surface area contributed by atoms with Crippen LogP contribution in [0, 0.1) is 0 Å². The van der Waals surface area contributed by atoms with Crippen molar-refractivity contribution in [2.75, 3.05) is 16.8 Å². The molecule has 0 atom stereocenters. The summed E-state index contributed by atoms with van der Waals surface area (Å²) in [5.74, 6) is -0.454. The van der Waals surface area contributed by atoms with Crippen molar-refractivity contribution in [1.82, 2.24) is 0 Å². The predicted molar refractivity (Wildman–Crippen MR) is 109 cm³/mol. The molecule has 124 valence electrons. The van der Waals surface area contributed by atoms with E-state index in [4.69, 9.17) is 12.2 Å². The average Bonchev–Trinajstić information content (AvgIpc) is 3.03. The van der Waals surface area contributed by atoms with Crippen LogP contribution >= 0.6 is 39.9 Å². The van der Waals surface area contributed by atoms with Gasteiger partial charge in [-0.3, -0.25) is 14.5 Å². The van der Waals surface area contributed by atoms with Crippen molar-refractivity contribution < 1.29 is 9.59 Å². The van der Waals surface area contributed by atoms with Crippen LogP contribution in [0.4, 0.5) is 11.4 Å². The Bertz CT molecular complexity index is 987. The molecule has 1 saturated heterocycles. The van der Waals surface area contributed by atoms with Crippen LogP contribution in [-0.4, -0.2) is 23.2 Å². The smallest absolute Gasteiger partial charge is 0.271 e. The van der Waals surface area contributed by atoms with Crippen molar-refractivity contribution in [3.05, 3.63) is 63.5 Å². The van der Waals surface area contributed by atoms with Gasteiger partial charge in [0.2, 0.25) is 0 Å². The molecule has 0 N–H and O–H groups in total. The Hall–Kier alpha value is -1.96. The van der Waals surface area contributed by atoms with E-state index in [1.165, 1.54) is 16.7 Å². The minimum absolute atomic E-state index is 0.186. The number of hydrogen-bond acceptors (Lipinski definition) is 4. The van der Waals surface area contributed by atoms with Gasteiger partial charge < -0.3 is 4.90 Å². The van der Waals surface area contributed by atoms with E-state index in [1.54, 1.807) is 11.9 Å². The first kappa shape index (κ1) is 16.5. The van der Waals surface area contributed by atoms with Crippen LogP contribution in [0.5, 0.6) is 0 Å². The second kappa shape index (κ2) is 6.09. The Morgan fingerprint density at radius 2 is 1.60 bits per heavy atom. The van der Waals surface area contributed by atoms with E-state index in [1.807, 2.05) is 48.5 Å². The normalized spacial score (nSPS) is 19.8. The topological polar surface area (TPSA) is 40.6 Å². The van der Waals surface area contributed by atoms with Crippen LogP contribution in [-0.2, 0) is 9.59 Å². The van der Waals surface area contributed by atoms with E-state index < -0.39 is 0 Å². The van der Waals surface area contributed by atoms with Gasteiger partial charge in [-0.1, -0.05) is 54.3 Å². The number of likely N-dealkylation sites (N-methyl/N-ethyl adjacent to an activating group) is 1. The zero-order chi connectivity index (χ0) is 17.7. The van der Waals surface area contributed by atoms with Gasteiger partial charge >= 0.3 is 0 Å². The third-order valence-electron chi connectivity index (χ3n) is 4.14. The fourth-order valence-corrected chi connectivity index (χ4v) is 4.77. The predicted octanol–water partition coefficient (Wildman–Crippen LogP) is 4.20. The lowest BCUT2D eigenvalue weighted by Gasteiger charge is -2.16. The molecule has 2 aromatic rings. The van der Waals surface area contributed by atoms with Crippen LogP contribution in [0.1, 0.15) is 5.56 Å². The molecular weight excluding hydrogens is 420 g/mol. The van der Waals surface area contributed by atoms with Crippen molar-refractivity contribution in [3.8, 4) is 0 Å². The van der Waals surface area contributed by atoms with Crippen LogP contribution in [0.25, 0.3) is 5.57 Å². The zero-order valence-electron chi connectivity index (χ0n) is 13.0. The van der Waals surface area contributed by atoms with E-state index >= 15 is 0 Å². The third kappa shape index (κ3) is 2.46. The summed E-state index contributed by atoms with van der Waals surface area (Å²) in [5, 5.41) is 0. The van der Waals surface area contributed by atoms with Crippen LogP contribution in [0.2, 0.25) is 0 Å². The fraction of sp³-hybridized carbons (Fsp3) is 0.0556. The molecule has 0 unspecified atom stereocenters. The first-order chi connectivity index (χ1) is 12.0. The monoisotopic (exact) mass is 430 g/mol. The Morgan fingerprint density at radius 1 is 0.960 bits per heavy atom. The van der Waals surface area contributed by atoms with Gasteiger partial charge in [0.15, 0.2) is 4.32 Å². The molecule has 0 aromatic heterocycles. The van der Waals surface area contributed by atoms with Crippen molar-refractivity contribution >= 4 is 73.0 Å². The molecule has 7 heteroatoms. The summed E-state index contributed by atoms with van der Waals surface area (Å²) < 4.78 is 1.19. The largest absolute Gasteiger partial charge is 0.311 e. The number of fused-ring (bicyclic) bond motifs is 1. The molecule has 4 nitrogen and oxygen atoms in total. The maximum atomic E-state index is 13.1. The summed E-state index contributed by atoms with van der Waals surface area (Å²) in [6, 6.07) is 14.8. The van der Waals surface area contributed by atoms with Gasteiger partial charge in [0.25, 0.3) is 11.8 Å². The van der Waals surface area contributed by atoms with E-state index in [2.05, 4.69) is 15.9 Å². The molecular formula is C18H11BrN2O2S2. The molecule has 0 spiro atoms. The van der Waals surface area contributed by atoms with E-state index in [0.717, 1.165) is 15.7 Å². The second-order valence-electron chi connectivity index (χ2n) is 5.55. The molecule has 0 radical (unpaired) electrons. The molecule has 2 heterocycles. The molecule has 1 fully saturated rings. The molecule has 25 heavy (non-hydrogen) atoms. The van der Waals surface area contributed by atoms with Gasteiger partial charge in [-0.2, -0.15) is 0 Å². The van der Waals surface area contributed by atoms with Gasteiger partial charge in [-0.05, 0) is 34.1 Å². The number of halogens is 1. The number of amides is 2. The summed E-state index contributed by atoms with van der Waals surface area (Å²) in [5.41, 5.74) is 2.66. The van der Waals surface area contributed by atoms with Crippen LogP contribution in [0.3, 0.4) is 0 Å². The molecule has 0 saturated carbocycles. The summed E-state index contributed by atoms with van der Waals surface area (Å²) in [6.07, 6.45) is 0. The maximum Gasteiger partial charge on any atom is 0.271 e. The third-order valence-corrected chi connectivity index (χ3v) is 6.19. The average molecular weight is 431 g/mol. The number of thioether (sulfide) groups is 1. The quantitative estimate of drug-likeness (QED) is 0.501. The maximum absolute atomic E-state index is 13.1. The van der Waals surface area contributed by atoms with E-state index in [0.29, 0.717) is 20.5 Å². The number of anilines is 2. The minimum Gasteiger partial charge on any atom is -0.311 e. The molecule has 2 amide bonds. The van der Waals surface area contributed by atoms with Crippen LogP contribution < -0.4 is 9.80 Å². The molecule has 2 aromatic carbocycles. The number of thiocarbonyl (C=S) groups is 1. The van der Waals surface area contributed by atoms with E-state index in [-0.39, 0.29) is 11.8 Å². The van der Waals surface area contributed by atoms with Gasteiger partial charge in [-0.15, -0.1) is 0 Å². The molecule has 2 aliphatic heterocycles. The number of carbonyl (C=O) groups is 2. The SMILES string of the molecule is CN1C(=O)C(=C2SC(=S)N(c3ccccc3Br)C2=O)c2ccccc21. The number of rotatable bonds is 1.